The Balaban J connectivity index is 1.60. The Morgan fingerprint density at radius 1 is 1.23 bits per heavy atom. The molecular formula is C20H31ClF3N5O2. The molecule has 2 fully saturated rings. The SMILES string of the molecule is CNCC1CC(Cl)C(O)CC1N1CCN(C(=O)Cn2nc(C(F)(F)F)c(C)c2C)CC1. The van der Waals surface area contributed by atoms with E-state index < -0.39 is 18.0 Å². The van der Waals surface area contributed by atoms with Crippen LogP contribution in [0.5, 0.6) is 0 Å². The Morgan fingerprint density at radius 3 is 2.42 bits per heavy atom. The highest BCUT2D eigenvalue weighted by molar-refractivity contribution is 6.21. The van der Waals surface area contributed by atoms with Crippen molar-refractivity contribution in [2.24, 2.45) is 5.92 Å². The van der Waals surface area contributed by atoms with Crippen LogP contribution in [0.1, 0.15) is 29.8 Å². The molecule has 1 saturated heterocycles. The highest BCUT2D eigenvalue weighted by Crippen LogP contribution is 2.33. The zero-order valence-corrected chi connectivity index (χ0v) is 18.9. The number of nitrogens with one attached hydrogen (secondary N) is 1. The molecule has 4 unspecified atom stereocenters. The first-order valence-corrected chi connectivity index (χ1v) is 11.1. The first-order chi connectivity index (χ1) is 14.5. The van der Waals surface area contributed by atoms with E-state index in [9.17, 15) is 23.1 Å². The van der Waals surface area contributed by atoms with E-state index in [4.69, 9.17) is 11.6 Å². The number of alkyl halides is 4. The molecule has 176 valence electrons. The smallest absolute Gasteiger partial charge is 0.392 e. The summed E-state index contributed by atoms with van der Waals surface area (Å²) >= 11 is 6.27. The lowest BCUT2D eigenvalue weighted by Gasteiger charge is -2.46. The molecule has 2 heterocycles. The van der Waals surface area contributed by atoms with E-state index in [2.05, 4.69) is 15.3 Å². The number of hydrogen-bond acceptors (Lipinski definition) is 5. The lowest BCUT2D eigenvalue weighted by atomic mass is 9.81. The maximum atomic E-state index is 13.1. The molecule has 1 aromatic heterocycles. The standard InChI is InChI=1S/C20H31ClF3N5O2/c1-12-13(2)29(26-19(12)20(22,23)24)11-18(31)28-6-4-27(5-7-28)16-9-17(30)15(21)8-14(16)10-25-3/h14-17,25,30H,4-11H2,1-3H3. The predicted molar refractivity (Wildman–Crippen MR) is 111 cm³/mol. The molecule has 2 aliphatic rings. The zero-order chi connectivity index (χ0) is 22.9. The second kappa shape index (κ2) is 9.64. The van der Waals surface area contributed by atoms with Crippen LogP contribution in [0, 0.1) is 19.8 Å². The van der Waals surface area contributed by atoms with Crippen molar-refractivity contribution in [1.82, 2.24) is 24.9 Å². The topological polar surface area (TPSA) is 73.6 Å². The third-order valence-electron chi connectivity index (χ3n) is 6.63. The molecule has 0 aromatic carbocycles. The van der Waals surface area contributed by atoms with Gasteiger partial charge in [0.15, 0.2) is 5.69 Å². The van der Waals surface area contributed by atoms with Crippen LogP contribution in [0.2, 0.25) is 0 Å². The van der Waals surface area contributed by atoms with E-state index in [-0.39, 0.29) is 29.4 Å². The van der Waals surface area contributed by atoms with Crippen molar-refractivity contribution in [2.45, 2.75) is 56.9 Å². The highest BCUT2D eigenvalue weighted by atomic mass is 35.5. The van der Waals surface area contributed by atoms with E-state index in [1.807, 2.05) is 7.05 Å². The summed E-state index contributed by atoms with van der Waals surface area (Å²) in [7, 11) is 1.89. The van der Waals surface area contributed by atoms with Gasteiger partial charge in [0.2, 0.25) is 5.91 Å². The number of carbonyl (C=O) groups excluding carboxylic acids is 1. The normalized spacial score (nSPS) is 28.2. The Hall–Kier alpha value is -1.36. The van der Waals surface area contributed by atoms with Gasteiger partial charge in [0.05, 0.1) is 11.5 Å². The minimum absolute atomic E-state index is 0.0501. The third kappa shape index (κ3) is 5.35. The van der Waals surface area contributed by atoms with Gasteiger partial charge in [-0.15, -0.1) is 11.6 Å². The van der Waals surface area contributed by atoms with E-state index in [1.165, 1.54) is 6.92 Å². The van der Waals surface area contributed by atoms with Crippen LogP contribution < -0.4 is 5.32 Å². The maximum absolute atomic E-state index is 13.1. The monoisotopic (exact) mass is 465 g/mol. The van der Waals surface area contributed by atoms with Crippen LogP contribution in [0.25, 0.3) is 0 Å². The van der Waals surface area contributed by atoms with E-state index >= 15 is 0 Å². The first kappa shape index (κ1) is 24.3. The number of aliphatic hydroxyl groups is 1. The molecule has 11 heteroatoms. The van der Waals surface area contributed by atoms with E-state index in [0.29, 0.717) is 44.2 Å². The number of halogens is 4. The lowest BCUT2D eigenvalue weighted by Crippen LogP contribution is -2.58. The molecule has 2 N–H and O–H groups in total. The summed E-state index contributed by atoms with van der Waals surface area (Å²) in [4.78, 5) is 16.7. The fourth-order valence-electron chi connectivity index (χ4n) is 4.71. The van der Waals surface area contributed by atoms with Crippen molar-refractivity contribution in [3.05, 3.63) is 17.0 Å². The number of aromatic nitrogens is 2. The number of carbonyl (C=O) groups is 1. The van der Waals surface area contributed by atoms with Gasteiger partial charge in [-0.3, -0.25) is 14.4 Å². The van der Waals surface area contributed by atoms with Gasteiger partial charge in [-0.1, -0.05) is 0 Å². The molecule has 3 rings (SSSR count). The fraction of sp³-hybridized carbons (Fsp3) is 0.800. The van der Waals surface area contributed by atoms with Gasteiger partial charge in [-0.25, -0.2) is 0 Å². The molecule has 31 heavy (non-hydrogen) atoms. The Bertz CT molecular complexity index is 780. The van der Waals surface area contributed by atoms with Crippen molar-refractivity contribution in [2.75, 3.05) is 39.8 Å². The second-order valence-corrected chi connectivity index (χ2v) is 9.13. The van der Waals surface area contributed by atoms with Gasteiger partial charge in [0.1, 0.15) is 6.54 Å². The summed E-state index contributed by atoms with van der Waals surface area (Å²) in [5.74, 6) is 0.0730. The number of amides is 1. The summed E-state index contributed by atoms with van der Waals surface area (Å²) in [6, 6.07) is 0.181. The molecular weight excluding hydrogens is 435 g/mol. The van der Waals surface area contributed by atoms with Gasteiger partial charge >= 0.3 is 6.18 Å². The van der Waals surface area contributed by atoms with Gasteiger partial charge in [0.25, 0.3) is 0 Å². The lowest BCUT2D eigenvalue weighted by molar-refractivity contribution is -0.142. The van der Waals surface area contributed by atoms with E-state index in [1.54, 1.807) is 11.8 Å². The predicted octanol–water partition coefficient (Wildman–Crippen LogP) is 1.63. The number of piperazine rings is 1. The summed E-state index contributed by atoms with van der Waals surface area (Å²) in [5, 5.41) is 16.8. The molecule has 1 aromatic rings. The van der Waals surface area contributed by atoms with Gasteiger partial charge in [0, 0.05) is 43.5 Å². The largest absolute Gasteiger partial charge is 0.435 e. The van der Waals surface area contributed by atoms with Crippen LogP contribution in [-0.4, -0.2) is 87.9 Å². The van der Waals surface area contributed by atoms with Crippen LogP contribution in [0.3, 0.4) is 0 Å². The van der Waals surface area contributed by atoms with Crippen molar-refractivity contribution in [3.8, 4) is 0 Å². The third-order valence-corrected chi connectivity index (χ3v) is 7.10. The average molecular weight is 466 g/mol. The first-order valence-electron chi connectivity index (χ1n) is 10.6. The molecule has 1 aliphatic heterocycles. The number of rotatable bonds is 5. The Kier molecular flexibility index (Phi) is 7.55. The summed E-state index contributed by atoms with van der Waals surface area (Å²) in [6.45, 7) is 5.81. The minimum atomic E-state index is -4.54. The molecule has 1 saturated carbocycles. The second-order valence-electron chi connectivity index (χ2n) is 8.57. The quantitative estimate of drug-likeness (QED) is 0.647. The fourth-order valence-corrected chi connectivity index (χ4v) is 5.04. The summed E-state index contributed by atoms with van der Waals surface area (Å²) in [5.41, 5.74) is -0.540. The van der Waals surface area contributed by atoms with Crippen LogP contribution in [0.15, 0.2) is 0 Å². The summed E-state index contributed by atoms with van der Waals surface area (Å²) < 4.78 is 40.4. The average Bonchev–Trinajstić information content (AvgIpc) is 2.99. The minimum Gasteiger partial charge on any atom is -0.392 e. The van der Waals surface area contributed by atoms with Crippen LogP contribution in [-0.2, 0) is 17.5 Å². The number of hydrogen-bond donors (Lipinski definition) is 2. The molecule has 0 radical (unpaired) electrons. The van der Waals surface area contributed by atoms with Crippen molar-refractivity contribution >= 4 is 17.5 Å². The van der Waals surface area contributed by atoms with Crippen LogP contribution >= 0.6 is 11.6 Å². The summed E-state index contributed by atoms with van der Waals surface area (Å²) in [6.07, 6.45) is -3.76. The molecule has 4 atom stereocenters. The van der Waals surface area contributed by atoms with Crippen molar-refractivity contribution in [3.63, 3.8) is 0 Å². The molecule has 1 amide bonds. The molecule has 1 aliphatic carbocycles. The Morgan fingerprint density at radius 2 is 1.87 bits per heavy atom. The number of aliphatic hydroxyl groups excluding tert-OH is 1. The zero-order valence-electron chi connectivity index (χ0n) is 18.1. The van der Waals surface area contributed by atoms with Gasteiger partial charge in [-0.2, -0.15) is 18.3 Å². The molecule has 7 nitrogen and oxygen atoms in total. The molecule has 0 spiro atoms. The number of nitrogens with zero attached hydrogens (tertiary/aromatic N) is 4. The van der Waals surface area contributed by atoms with Crippen molar-refractivity contribution < 1.29 is 23.1 Å². The van der Waals surface area contributed by atoms with Crippen molar-refractivity contribution in [1.29, 1.82) is 0 Å². The van der Waals surface area contributed by atoms with Gasteiger partial charge < -0.3 is 15.3 Å². The van der Waals surface area contributed by atoms with Gasteiger partial charge in [-0.05, 0) is 46.2 Å². The van der Waals surface area contributed by atoms with Crippen LogP contribution in [0.4, 0.5) is 13.2 Å². The van der Waals surface area contributed by atoms with E-state index in [0.717, 1.165) is 17.6 Å². The molecule has 0 bridgehead atoms. The Labute approximate surface area is 185 Å². The maximum Gasteiger partial charge on any atom is 0.435 e. The highest BCUT2D eigenvalue weighted by Gasteiger charge is 2.40.